The van der Waals surface area contributed by atoms with Gasteiger partial charge in [0.1, 0.15) is 0 Å². The number of allylic oxidation sites excluding steroid dienone is 4. The van der Waals surface area contributed by atoms with Gasteiger partial charge in [-0.15, -0.1) is 0 Å². The Morgan fingerprint density at radius 2 is 1.67 bits per heavy atom. The van der Waals surface area contributed by atoms with Gasteiger partial charge in [0.25, 0.3) is 0 Å². The summed E-state index contributed by atoms with van der Waals surface area (Å²) in [6.45, 7) is 10.3. The Morgan fingerprint density at radius 1 is 1.25 bits per heavy atom. The van der Waals surface area contributed by atoms with Crippen LogP contribution < -0.4 is 5.73 Å². The molecule has 1 nitrogen and oxygen atoms in total. The predicted molar refractivity (Wildman–Crippen MR) is 60.3 cm³/mol. The normalized spacial score (nSPS) is 9.75. The average Bonchev–Trinajstić information content (AvgIpc) is 2.20. The summed E-state index contributed by atoms with van der Waals surface area (Å²) in [6, 6.07) is 0. The van der Waals surface area contributed by atoms with Crippen molar-refractivity contribution in [2.24, 2.45) is 5.73 Å². The minimum absolute atomic E-state index is 1.13. The van der Waals surface area contributed by atoms with Crippen LogP contribution >= 0.6 is 0 Å². The summed E-state index contributed by atoms with van der Waals surface area (Å²) in [7, 11) is 1.50. The first-order chi connectivity index (χ1) is 5.81. The van der Waals surface area contributed by atoms with Gasteiger partial charge in [0.2, 0.25) is 0 Å². The molecule has 1 heteroatoms. The van der Waals surface area contributed by atoms with E-state index in [0.717, 1.165) is 6.42 Å². The van der Waals surface area contributed by atoms with Crippen LogP contribution in [0.25, 0.3) is 0 Å². The highest BCUT2D eigenvalue weighted by molar-refractivity contribution is 5.14. The van der Waals surface area contributed by atoms with Crippen molar-refractivity contribution in [2.75, 3.05) is 7.05 Å². The average molecular weight is 171 g/mol. The molecule has 0 unspecified atom stereocenters. The molecule has 0 saturated carbocycles. The molecular formula is C11H25N. The lowest BCUT2D eigenvalue weighted by Crippen LogP contribution is -1.69. The minimum atomic E-state index is 1.13. The Bertz CT molecular complexity index is 102. The first kappa shape index (κ1) is 17.5. The third-order valence-corrected chi connectivity index (χ3v) is 1.07. The van der Waals surface area contributed by atoms with Gasteiger partial charge in [-0.25, -0.2) is 0 Å². The van der Waals surface area contributed by atoms with E-state index in [4.69, 9.17) is 0 Å². The quantitative estimate of drug-likeness (QED) is 0.632. The van der Waals surface area contributed by atoms with Crippen molar-refractivity contribution in [1.82, 2.24) is 0 Å². The van der Waals surface area contributed by atoms with E-state index < -0.39 is 0 Å². The molecule has 0 aliphatic carbocycles. The molecule has 0 aliphatic rings. The minimum Gasteiger partial charge on any atom is -0.333 e. The van der Waals surface area contributed by atoms with E-state index in [1.165, 1.54) is 12.6 Å². The Labute approximate surface area is 78.4 Å². The molecule has 0 heterocycles. The summed E-state index contributed by atoms with van der Waals surface area (Å²) in [5, 5.41) is 0. The fourth-order valence-electron chi connectivity index (χ4n) is 0.400. The van der Waals surface area contributed by atoms with Gasteiger partial charge in [-0.1, -0.05) is 44.6 Å². The summed E-state index contributed by atoms with van der Waals surface area (Å²) in [5.41, 5.74) is 5.84. The zero-order valence-electron chi connectivity index (χ0n) is 9.52. The summed E-state index contributed by atoms with van der Waals surface area (Å²) in [6.07, 6.45) is 7.53. The van der Waals surface area contributed by atoms with Crippen molar-refractivity contribution >= 4 is 0 Å². The van der Waals surface area contributed by atoms with Gasteiger partial charge in [0.15, 0.2) is 0 Å². The summed E-state index contributed by atoms with van der Waals surface area (Å²) >= 11 is 0. The van der Waals surface area contributed by atoms with E-state index in [1.54, 1.807) is 0 Å². The molecular weight excluding hydrogens is 146 g/mol. The second kappa shape index (κ2) is 22.4. The molecule has 74 valence electrons. The molecule has 0 bridgehead atoms. The second-order valence-corrected chi connectivity index (χ2v) is 1.84. The lowest BCUT2D eigenvalue weighted by Gasteiger charge is -1.84. The standard InChI is InChI=1S/C8H14.C2H6.CH5N/c1-4-6-7-8(3)5-2;2*1-2/h5-7H,4H2,1-3H3;1-2H3;2H2,1H3/b7-6-,8-5-;;. The molecule has 0 rings (SSSR count). The molecule has 0 amide bonds. The van der Waals surface area contributed by atoms with E-state index in [-0.39, 0.29) is 0 Å². The van der Waals surface area contributed by atoms with E-state index in [9.17, 15) is 0 Å². The number of nitrogens with two attached hydrogens (primary N) is 1. The van der Waals surface area contributed by atoms with Crippen LogP contribution in [0.5, 0.6) is 0 Å². The highest BCUT2D eigenvalue weighted by atomic mass is 14.4. The van der Waals surface area contributed by atoms with Gasteiger partial charge in [-0.05, 0) is 27.3 Å². The topological polar surface area (TPSA) is 26.0 Å². The second-order valence-electron chi connectivity index (χ2n) is 1.84. The maximum atomic E-state index is 4.50. The van der Waals surface area contributed by atoms with E-state index in [0.29, 0.717) is 0 Å². The summed E-state index contributed by atoms with van der Waals surface area (Å²) in [5.74, 6) is 0. The highest BCUT2D eigenvalue weighted by Gasteiger charge is 1.72. The van der Waals surface area contributed by atoms with Crippen LogP contribution in [0.1, 0.15) is 41.0 Å². The van der Waals surface area contributed by atoms with Crippen LogP contribution in [0.4, 0.5) is 0 Å². The fraction of sp³-hybridized carbons (Fsp3) is 0.636. The van der Waals surface area contributed by atoms with Crippen LogP contribution in [0.2, 0.25) is 0 Å². The molecule has 0 radical (unpaired) electrons. The van der Waals surface area contributed by atoms with Gasteiger partial charge < -0.3 is 5.73 Å². The maximum Gasteiger partial charge on any atom is -0.0195 e. The molecule has 0 aromatic carbocycles. The molecule has 0 fully saturated rings. The van der Waals surface area contributed by atoms with Gasteiger partial charge in [-0.2, -0.15) is 0 Å². The molecule has 0 atom stereocenters. The molecule has 0 aromatic heterocycles. The zero-order valence-corrected chi connectivity index (χ0v) is 9.52. The Hall–Kier alpha value is -0.560. The Kier molecular flexibility index (Phi) is 32.7. The SMILES string of the molecule is C/C=C(C)\C=C/CC.CC.CN. The first-order valence-electron chi connectivity index (χ1n) is 4.68. The van der Waals surface area contributed by atoms with Crippen LogP contribution in [0.3, 0.4) is 0 Å². The Balaban J connectivity index is -0.000000175. The van der Waals surface area contributed by atoms with Gasteiger partial charge in [0, 0.05) is 0 Å². The van der Waals surface area contributed by atoms with Crippen molar-refractivity contribution in [1.29, 1.82) is 0 Å². The fourth-order valence-corrected chi connectivity index (χ4v) is 0.400. The first-order valence-corrected chi connectivity index (χ1v) is 4.68. The van der Waals surface area contributed by atoms with Crippen molar-refractivity contribution in [3.63, 3.8) is 0 Å². The van der Waals surface area contributed by atoms with Gasteiger partial charge >= 0.3 is 0 Å². The van der Waals surface area contributed by atoms with Crippen LogP contribution in [-0.2, 0) is 0 Å². The molecule has 0 aliphatic heterocycles. The third-order valence-electron chi connectivity index (χ3n) is 1.07. The third kappa shape index (κ3) is 22.7. The van der Waals surface area contributed by atoms with Crippen LogP contribution in [-0.4, -0.2) is 7.05 Å². The molecule has 0 spiro atoms. The van der Waals surface area contributed by atoms with Crippen molar-refractivity contribution in [3.8, 4) is 0 Å². The monoisotopic (exact) mass is 171 g/mol. The Morgan fingerprint density at radius 3 is 1.92 bits per heavy atom. The summed E-state index contributed by atoms with van der Waals surface area (Å²) in [4.78, 5) is 0. The van der Waals surface area contributed by atoms with Crippen molar-refractivity contribution in [2.45, 2.75) is 41.0 Å². The zero-order chi connectivity index (χ0) is 10.4. The van der Waals surface area contributed by atoms with Crippen molar-refractivity contribution < 1.29 is 0 Å². The molecule has 0 saturated heterocycles. The lowest BCUT2D eigenvalue weighted by molar-refractivity contribution is 1.22. The van der Waals surface area contributed by atoms with Crippen LogP contribution in [0.15, 0.2) is 23.8 Å². The van der Waals surface area contributed by atoms with Crippen LogP contribution in [0, 0.1) is 0 Å². The van der Waals surface area contributed by atoms with Gasteiger partial charge in [0.05, 0.1) is 0 Å². The number of rotatable bonds is 2. The largest absolute Gasteiger partial charge is 0.333 e. The van der Waals surface area contributed by atoms with E-state index in [1.807, 2.05) is 13.8 Å². The summed E-state index contributed by atoms with van der Waals surface area (Å²) < 4.78 is 0. The van der Waals surface area contributed by atoms with Crippen molar-refractivity contribution in [3.05, 3.63) is 23.8 Å². The maximum absolute atomic E-state index is 4.50. The smallest absolute Gasteiger partial charge is 0.0195 e. The predicted octanol–water partition coefficient (Wildman–Crippen LogP) is 3.52. The van der Waals surface area contributed by atoms with E-state index in [2.05, 4.69) is 44.7 Å². The number of hydrogen-bond donors (Lipinski definition) is 1. The van der Waals surface area contributed by atoms with E-state index >= 15 is 0 Å². The molecule has 2 N–H and O–H groups in total. The van der Waals surface area contributed by atoms with Gasteiger partial charge in [-0.3, -0.25) is 0 Å². The molecule has 0 aromatic rings. The number of hydrogen-bond acceptors (Lipinski definition) is 1. The molecule has 12 heavy (non-hydrogen) atoms. The lowest BCUT2D eigenvalue weighted by atomic mass is 10.2. The highest BCUT2D eigenvalue weighted by Crippen LogP contribution is 1.93.